The second-order valence-corrected chi connectivity index (χ2v) is 9.76. The summed E-state index contributed by atoms with van der Waals surface area (Å²) >= 11 is 0. The van der Waals surface area contributed by atoms with Crippen molar-refractivity contribution in [1.82, 2.24) is 5.32 Å². The molecule has 2 aliphatic carbocycles. The Morgan fingerprint density at radius 1 is 1.31 bits per heavy atom. The molecule has 5 unspecified atom stereocenters. The molecule has 0 radical (unpaired) electrons. The number of benzene rings is 1. The van der Waals surface area contributed by atoms with E-state index >= 15 is 0 Å². The summed E-state index contributed by atoms with van der Waals surface area (Å²) < 4.78 is 11.0. The average molecular weight is 486 g/mol. The maximum absolute atomic E-state index is 11.9. The summed E-state index contributed by atoms with van der Waals surface area (Å²) in [5.41, 5.74) is 6.66. The van der Waals surface area contributed by atoms with Crippen LogP contribution in [-0.2, 0) is 16.0 Å². The minimum absolute atomic E-state index is 0.0710. The molecule has 1 saturated carbocycles. The number of aliphatic imine (C=N–C) groups is 1. The van der Waals surface area contributed by atoms with Crippen LogP contribution in [0.5, 0.6) is 11.5 Å². The van der Waals surface area contributed by atoms with Crippen molar-refractivity contribution in [3.63, 3.8) is 0 Å². The Kier molecular flexibility index (Phi) is 9.27. The van der Waals surface area contributed by atoms with Gasteiger partial charge >= 0.3 is 5.97 Å². The number of phenols is 1. The van der Waals surface area contributed by atoms with Crippen molar-refractivity contribution in [2.24, 2.45) is 22.1 Å². The number of ether oxygens (including phenoxy) is 2. The van der Waals surface area contributed by atoms with Crippen LogP contribution in [0.4, 0.5) is 0 Å². The molecular formula is C27H39N3O5. The zero-order valence-electron chi connectivity index (χ0n) is 21.0. The van der Waals surface area contributed by atoms with Crippen LogP contribution in [0.1, 0.15) is 63.9 Å². The number of methoxy groups -OCH3 is 1. The van der Waals surface area contributed by atoms with Gasteiger partial charge in [0.1, 0.15) is 6.10 Å². The zero-order chi connectivity index (χ0) is 25.4. The van der Waals surface area contributed by atoms with Gasteiger partial charge in [0, 0.05) is 38.8 Å². The fraction of sp³-hybridized carbons (Fsp3) is 0.630. The van der Waals surface area contributed by atoms with E-state index in [2.05, 4.69) is 22.2 Å². The third kappa shape index (κ3) is 7.04. The molecule has 8 heteroatoms. The molecule has 0 aliphatic heterocycles. The van der Waals surface area contributed by atoms with Gasteiger partial charge in [-0.3, -0.25) is 9.79 Å². The number of aliphatic hydroxyl groups excluding tert-OH is 1. The lowest BCUT2D eigenvalue weighted by Crippen LogP contribution is -2.51. The van der Waals surface area contributed by atoms with Crippen molar-refractivity contribution in [3.8, 4) is 23.3 Å². The van der Waals surface area contributed by atoms with Crippen molar-refractivity contribution in [2.45, 2.75) is 83.0 Å². The second-order valence-electron chi connectivity index (χ2n) is 9.76. The number of hydrogen-bond acceptors (Lipinski definition) is 6. The van der Waals surface area contributed by atoms with Gasteiger partial charge in [0.15, 0.2) is 17.5 Å². The molecular weight excluding hydrogens is 446 g/mol. The third-order valence-electron chi connectivity index (χ3n) is 7.31. The van der Waals surface area contributed by atoms with E-state index in [4.69, 9.17) is 15.2 Å². The standard InChI is InChI=1S/C27H39N3O5/c1-18(31)35-23-17-21(32)11-14-27(12-5-4-8-25(27)30-26(28)29-2)13-6-7-20(23)15-19-9-10-22(33)24(16-19)34-3/h9-10,16,20-21,23,25,32-33H,4-5,7-8,11-12,14-15,17H2,1-3H3,(H3,28,29,30). The van der Waals surface area contributed by atoms with Crippen LogP contribution in [0.3, 0.4) is 0 Å². The molecule has 3 rings (SSSR count). The molecule has 1 aromatic carbocycles. The number of phenolic OH excluding ortho intramolecular Hbond substituents is 1. The molecule has 0 bridgehead atoms. The van der Waals surface area contributed by atoms with Crippen LogP contribution < -0.4 is 15.8 Å². The maximum atomic E-state index is 11.9. The Hall–Kier alpha value is -2.92. The number of esters is 1. The van der Waals surface area contributed by atoms with Gasteiger partial charge in [-0.05, 0) is 49.8 Å². The molecule has 1 spiro atoms. The SMILES string of the molecule is CN=C(N)NC1CCCCC12C#CCC(Cc1ccc(O)c(OC)c1)C(OC(C)=O)CC(O)CC2. The molecule has 1 aromatic rings. The Labute approximate surface area is 208 Å². The zero-order valence-corrected chi connectivity index (χ0v) is 21.0. The number of aliphatic hydroxyl groups is 1. The molecule has 0 aromatic heterocycles. The third-order valence-corrected chi connectivity index (χ3v) is 7.31. The van der Waals surface area contributed by atoms with Gasteiger partial charge < -0.3 is 30.7 Å². The first-order valence-corrected chi connectivity index (χ1v) is 12.5. The summed E-state index contributed by atoms with van der Waals surface area (Å²) in [6, 6.07) is 5.30. The topological polar surface area (TPSA) is 126 Å². The molecule has 5 N–H and O–H groups in total. The van der Waals surface area contributed by atoms with Crippen LogP contribution in [0.2, 0.25) is 0 Å². The normalized spacial score (nSPS) is 29.5. The Morgan fingerprint density at radius 3 is 2.83 bits per heavy atom. The van der Waals surface area contributed by atoms with Crippen molar-refractivity contribution >= 4 is 11.9 Å². The lowest BCUT2D eigenvalue weighted by molar-refractivity contribution is -0.151. The fourth-order valence-electron chi connectivity index (χ4n) is 5.41. The predicted octanol–water partition coefficient (Wildman–Crippen LogP) is 2.89. The van der Waals surface area contributed by atoms with E-state index < -0.39 is 12.2 Å². The first-order valence-electron chi connectivity index (χ1n) is 12.5. The van der Waals surface area contributed by atoms with Crippen LogP contribution in [0.25, 0.3) is 0 Å². The van der Waals surface area contributed by atoms with Crippen LogP contribution >= 0.6 is 0 Å². The van der Waals surface area contributed by atoms with E-state index in [0.717, 1.165) is 37.7 Å². The molecule has 2 aliphatic rings. The minimum atomic E-state index is -0.618. The Bertz CT molecular complexity index is 969. The van der Waals surface area contributed by atoms with Gasteiger partial charge in [0.25, 0.3) is 0 Å². The number of guanidine groups is 1. The lowest BCUT2D eigenvalue weighted by atomic mass is 9.67. The van der Waals surface area contributed by atoms with Gasteiger partial charge in [-0.2, -0.15) is 0 Å². The molecule has 192 valence electrons. The van der Waals surface area contributed by atoms with Crippen molar-refractivity contribution in [3.05, 3.63) is 23.8 Å². The predicted molar refractivity (Wildman–Crippen MR) is 135 cm³/mol. The summed E-state index contributed by atoms with van der Waals surface area (Å²) in [6.45, 7) is 1.39. The number of nitrogens with zero attached hydrogens (tertiary/aromatic N) is 1. The molecule has 0 saturated heterocycles. The number of hydrogen-bond donors (Lipinski definition) is 4. The van der Waals surface area contributed by atoms with Gasteiger partial charge in [0.2, 0.25) is 0 Å². The molecule has 5 atom stereocenters. The summed E-state index contributed by atoms with van der Waals surface area (Å²) in [4.78, 5) is 16.0. The summed E-state index contributed by atoms with van der Waals surface area (Å²) in [6.07, 6.45) is 5.73. The number of rotatable bonds is 5. The van der Waals surface area contributed by atoms with Crippen molar-refractivity contribution in [2.75, 3.05) is 14.2 Å². The average Bonchev–Trinajstić information content (AvgIpc) is 2.83. The molecule has 8 nitrogen and oxygen atoms in total. The largest absolute Gasteiger partial charge is 0.504 e. The Morgan fingerprint density at radius 2 is 2.11 bits per heavy atom. The quantitative estimate of drug-likeness (QED) is 0.219. The lowest BCUT2D eigenvalue weighted by Gasteiger charge is -2.42. The highest BCUT2D eigenvalue weighted by molar-refractivity contribution is 5.78. The van der Waals surface area contributed by atoms with Crippen LogP contribution in [0, 0.1) is 23.2 Å². The summed E-state index contributed by atoms with van der Waals surface area (Å²) in [5.74, 6) is 7.40. The summed E-state index contributed by atoms with van der Waals surface area (Å²) in [5, 5.41) is 24.3. The van der Waals surface area contributed by atoms with E-state index in [9.17, 15) is 15.0 Å². The first-order chi connectivity index (χ1) is 16.8. The molecule has 35 heavy (non-hydrogen) atoms. The number of carbonyl (C=O) groups excluding carboxylic acids is 1. The van der Waals surface area contributed by atoms with Crippen molar-refractivity contribution < 1.29 is 24.5 Å². The van der Waals surface area contributed by atoms with Crippen LogP contribution in [0.15, 0.2) is 23.2 Å². The minimum Gasteiger partial charge on any atom is -0.504 e. The van der Waals surface area contributed by atoms with Gasteiger partial charge in [-0.15, -0.1) is 5.92 Å². The number of nitrogens with one attached hydrogen (secondary N) is 1. The summed E-state index contributed by atoms with van der Waals surface area (Å²) in [7, 11) is 3.18. The van der Waals surface area contributed by atoms with E-state index in [1.807, 2.05) is 6.07 Å². The smallest absolute Gasteiger partial charge is 0.302 e. The second kappa shape index (κ2) is 12.2. The van der Waals surface area contributed by atoms with E-state index in [1.54, 1.807) is 19.2 Å². The maximum Gasteiger partial charge on any atom is 0.302 e. The highest BCUT2D eigenvalue weighted by atomic mass is 16.5. The highest BCUT2D eigenvalue weighted by Gasteiger charge is 2.41. The molecule has 1 fully saturated rings. The molecule has 0 heterocycles. The fourth-order valence-corrected chi connectivity index (χ4v) is 5.41. The number of nitrogens with two attached hydrogens (primary N) is 1. The molecule has 0 amide bonds. The Balaban J connectivity index is 1.93. The van der Waals surface area contributed by atoms with E-state index in [-0.39, 0.29) is 29.1 Å². The number of aromatic hydroxyl groups is 1. The van der Waals surface area contributed by atoms with E-state index in [0.29, 0.717) is 37.4 Å². The van der Waals surface area contributed by atoms with Crippen molar-refractivity contribution in [1.29, 1.82) is 0 Å². The first kappa shape index (κ1) is 26.7. The van der Waals surface area contributed by atoms with Gasteiger partial charge in [-0.1, -0.05) is 24.8 Å². The van der Waals surface area contributed by atoms with Gasteiger partial charge in [0.05, 0.1) is 18.6 Å². The van der Waals surface area contributed by atoms with E-state index in [1.165, 1.54) is 14.0 Å². The highest BCUT2D eigenvalue weighted by Crippen LogP contribution is 2.41. The number of carbonyl (C=O) groups is 1. The van der Waals surface area contributed by atoms with Gasteiger partial charge in [-0.25, -0.2) is 0 Å². The van der Waals surface area contributed by atoms with Crippen LogP contribution in [-0.4, -0.2) is 54.5 Å². The monoisotopic (exact) mass is 485 g/mol.